The third kappa shape index (κ3) is 4.24. The molecule has 0 aliphatic heterocycles. The number of aliphatic hydroxyl groups is 1. The molecule has 1 amide bonds. The molecule has 2 N–H and O–H groups in total. The summed E-state index contributed by atoms with van der Waals surface area (Å²) in [5.41, 5.74) is 2.30. The van der Waals surface area contributed by atoms with E-state index in [2.05, 4.69) is 10.5 Å². The van der Waals surface area contributed by atoms with Gasteiger partial charge in [-0.3, -0.25) is 4.79 Å². The van der Waals surface area contributed by atoms with E-state index in [1.807, 2.05) is 48.5 Å². The van der Waals surface area contributed by atoms with Crippen molar-refractivity contribution in [1.82, 2.24) is 10.5 Å². The Bertz CT molecular complexity index is 830. The van der Waals surface area contributed by atoms with Crippen molar-refractivity contribution in [2.75, 3.05) is 13.2 Å². The average Bonchev–Trinajstić information content (AvgIpc) is 3.16. The molecule has 0 unspecified atom stereocenters. The zero-order valence-electron chi connectivity index (χ0n) is 13.5. The van der Waals surface area contributed by atoms with Crippen LogP contribution in [0.2, 0.25) is 0 Å². The highest BCUT2D eigenvalue weighted by atomic mass is 16.5. The molecule has 6 heteroatoms. The van der Waals surface area contributed by atoms with E-state index in [0.717, 1.165) is 11.1 Å². The Labute approximate surface area is 145 Å². The molecule has 0 aliphatic rings. The Kier molecular flexibility index (Phi) is 5.43. The molecule has 3 rings (SSSR count). The van der Waals surface area contributed by atoms with Crippen LogP contribution in [0.1, 0.15) is 16.1 Å². The maximum Gasteiger partial charge on any atom is 0.290 e. The van der Waals surface area contributed by atoms with Gasteiger partial charge in [-0.1, -0.05) is 53.7 Å². The Morgan fingerprint density at radius 1 is 1.12 bits per heavy atom. The molecule has 25 heavy (non-hydrogen) atoms. The number of aliphatic hydroxyl groups excluding tert-OH is 1. The molecular formula is C19H18N2O4. The summed E-state index contributed by atoms with van der Waals surface area (Å²) >= 11 is 0. The fourth-order valence-corrected chi connectivity index (χ4v) is 2.34. The molecule has 0 spiro atoms. The Morgan fingerprint density at radius 2 is 1.88 bits per heavy atom. The van der Waals surface area contributed by atoms with Gasteiger partial charge in [0, 0.05) is 23.7 Å². The molecule has 1 heterocycles. The van der Waals surface area contributed by atoms with Crippen LogP contribution in [-0.4, -0.2) is 29.4 Å². The van der Waals surface area contributed by atoms with E-state index in [4.69, 9.17) is 14.4 Å². The molecular weight excluding hydrogens is 320 g/mol. The summed E-state index contributed by atoms with van der Waals surface area (Å²) in [5, 5.41) is 15.6. The van der Waals surface area contributed by atoms with Crippen molar-refractivity contribution < 1.29 is 19.2 Å². The third-order valence-corrected chi connectivity index (χ3v) is 3.56. The quantitative estimate of drug-likeness (QED) is 0.692. The second-order valence-electron chi connectivity index (χ2n) is 5.30. The van der Waals surface area contributed by atoms with E-state index in [1.54, 1.807) is 12.1 Å². The number of amides is 1. The molecule has 6 nitrogen and oxygen atoms in total. The molecule has 1 aromatic heterocycles. The highest BCUT2D eigenvalue weighted by molar-refractivity contribution is 5.92. The first-order valence-corrected chi connectivity index (χ1v) is 7.90. The molecule has 2 aromatic carbocycles. The van der Waals surface area contributed by atoms with E-state index in [9.17, 15) is 4.79 Å². The van der Waals surface area contributed by atoms with Crippen LogP contribution in [0.5, 0.6) is 5.75 Å². The number of hydrogen-bond acceptors (Lipinski definition) is 5. The fraction of sp³-hybridized carbons (Fsp3) is 0.158. The van der Waals surface area contributed by atoms with E-state index < -0.39 is 0 Å². The SMILES string of the molecule is O=C(NCc1ccccc1OCCO)c1cc(-c2ccccc2)no1. The first-order chi connectivity index (χ1) is 12.3. The molecule has 0 bridgehead atoms. The van der Waals surface area contributed by atoms with Crippen LogP contribution in [-0.2, 0) is 6.54 Å². The summed E-state index contributed by atoms with van der Waals surface area (Å²) < 4.78 is 10.6. The summed E-state index contributed by atoms with van der Waals surface area (Å²) in [6.07, 6.45) is 0. The first-order valence-electron chi connectivity index (χ1n) is 7.90. The summed E-state index contributed by atoms with van der Waals surface area (Å²) in [5.74, 6) is 0.415. The Hall–Kier alpha value is -3.12. The van der Waals surface area contributed by atoms with E-state index in [0.29, 0.717) is 11.4 Å². The number of rotatable bonds is 7. The molecule has 0 atom stereocenters. The van der Waals surface area contributed by atoms with Crippen LogP contribution in [0, 0.1) is 0 Å². The second-order valence-corrected chi connectivity index (χ2v) is 5.30. The maximum absolute atomic E-state index is 12.3. The minimum absolute atomic E-state index is 0.0684. The summed E-state index contributed by atoms with van der Waals surface area (Å²) in [4.78, 5) is 12.3. The van der Waals surface area contributed by atoms with Gasteiger partial charge in [-0.05, 0) is 6.07 Å². The standard InChI is InChI=1S/C19H18N2O4/c22-10-11-24-17-9-5-4-8-15(17)13-20-19(23)18-12-16(21-25-18)14-6-2-1-3-7-14/h1-9,12,22H,10-11,13H2,(H,20,23). The summed E-state index contributed by atoms with van der Waals surface area (Å²) in [7, 11) is 0. The molecule has 0 saturated carbocycles. The van der Waals surface area contributed by atoms with Crippen molar-refractivity contribution in [2.45, 2.75) is 6.54 Å². The topological polar surface area (TPSA) is 84.6 Å². The van der Waals surface area contributed by atoms with Gasteiger partial charge in [0.15, 0.2) is 0 Å². The van der Waals surface area contributed by atoms with Gasteiger partial charge in [-0.2, -0.15) is 0 Å². The lowest BCUT2D eigenvalue weighted by Gasteiger charge is -2.10. The van der Waals surface area contributed by atoms with Gasteiger partial charge in [0.2, 0.25) is 5.76 Å². The number of carbonyl (C=O) groups excluding carboxylic acids is 1. The van der Waals surface area contributed by atoms with Crippen molar-refractivity contribution in [2.24, 2.45) is 0 Å². The van der Waals surface area contributed by atoms with Crippen molar-refractivity contribution in [3.63, 3.8) is 0 Å². The molecule has 0 radical (unpaired) electrons. The lowest BCUT2D eigenvalue weighted by Crippen LogP contribution is -2.22. The van der Waals surface area contributed by atoms with Crippen LogP contribution in [0.4, 0.5) is 0 Å². The number of hydrogen-bond donors (Lipinski definition) is 2. The van der Waals surface area contributed by atoms with Gasteiger partial charge in [-0.25, -0.2) is 0 Å². The minimum Gasteiger partial charge on any atom is -0.491 e. The van der Waals surface area contributed by atoms with Crippen LogP contribution in [0.15, 0.2) is 65.2 Å². The lowest BCUT2D eigenvalue weighted by atomic mass is 10.1. The van der Waals surface area contributed by atoms with Gasteiger partial charge >= 0.3 is 0 Å². The fourth-order valence-electron chi connectivity index (χ4n) is 2.34. The normalized spacial score (nSPS) is 10.4. The van der Waals surface area contributed by atoms with Gasteiger partial charge < -0.3 is 19.7 Å². The molecule has 0 aliphatic carbocycles. The Balaban J connectivity index is 1.65. The van der Waals surface area contributed by atoms with Gasteiger partial charge in [-0.15, -0.1) is 0 Å². The Morgan fingerprint density at radius 3 is 2.68 bits per heavy atom. The van der Waals surface area contributed by atoms with Crippen LogP contribution >= 0.6 is 0 Å². The van der Waals surface area contributed by atoms with Crippen molar-refractivity contribution in [3.05, 3.63) is 72.0 Å². The van der Waals surface area contributed by atoms with Gasteiger partial charge in [0.05, 0.1) is 6.61 Å². The van der Waals surface area contributed by atoms with E-state index >= 15 is 0 Å². The number of ether oxygens (including phenoxy) is 1. The highest BCUT2D eigenvalue weighted by Crippen LogP contribution is 2.20. The van der Waals surface area contributed by atoms with E-state index in [1.165, 1.54) is 0 Å². The summed E-state index contributed by atoms with van der Waals surface area (Å²) in [6, 6.07) is 18.4. The highest BCUT2D eigenvalue weighted by Gasteiger charge is 2.14. The van der Waals surface area contributed by atoms with Gasteiger partial charge in [0.1, 0.15) is 18.1 Å². The average molecular weight is 338 g/mol. The number of aromatic nitrogens is 1. The third-order valence-electron chi connectivity index (χ3n) is 3.56. The number of benzene rings is 2. The zero-order chi connectivity index (χ0) is 17.5. The number of nitrogens with zero attached hydrogens (tertiary/aromatic N) is 1. The lowest BCUT2D eigenvalue weighted by molar-refractivity contribution is 0.0913. The first kappa shape index (κ1) is 16.7. The monoisotopic (exact) mass is 338 g/mol. The van der Waals surface area contributed by atoms with Crippen LogP contribution < -0.4 is 10.1 Å². The molecule has 128 valence electrons. The molecule has 3 aromatic rings. The number of para-hydroxylation sites is 1. The number of nitrogens with one attached hydrogen (secondary N) is 1. The smallest absolute Gasteiger partial charge is 0.290 e. The largest absolute Gasteiger partial charge is 0.491 e. The van der Waals surface area contributed by atoms with Crippen LogP contribution in [0.25, 0.3) is 11.3 Å². The summed E-state index contributed by atoms with van der Waals surface area (Å²) in [6.45, 7) is 0.413. The second kappa shape index (κ2) is 8.12. The van der Waals surface area contributed by atoms with Crippen molar-refractivity contribution >= 4 is 5.91 Å². The van der Waals surface area contributed by atoms with Crippen LogP contribution in [0.3, 0.4) is 0 Å². The van der Waals surface area contributed by atoms with Crippen molar-refractivity contribution in [1.29, 1.82) is 0 Å². The minimum atomic E-state index is -0.355. The number of carbonyl (C=O) groups is 1. The van der Waals surface area contributed by atoms with Crippen molar-refractivity contribution in [3.8, 4) is 17.0 Å². The van der Waals surface area contributed by atoms with Gasteiger partial charge in [0.25, 0.3) is 5.91 Å². The maximum atomic E-state index is 12.3. The molecule has 0 fully saturated rings. The predicted octanol–water partition coefficient (Wildman–Crippen LogP) is 2.64. The zero-order valence-corrected chi connectivity index (χ0v) is 13.5. The predicted molar refractivity (Wildman–Crippen MR) is 92.1 cm³/mol. The van der Waals surface area contributed by atoms with E-state index in [-0.39, 0.29) is 31.4 Å². The molecule has 0 saturated heterocycles.